The van der Waals surface area contributed by atoms with E-state index in [2.05, 4.69) is 20.1 Å². The minimum Gasteiger partial charge on any atom is -0.312 e. The minimum absolute atomic E-state index is 0.0206. The molecule has 2 atom stereocenters. The maximum absolute atomic E-state index is 13.1. The zero-order valence-corrected chi connectivity index (χ0v) is 15.3. The Kier molecular flexibility index (Phi) is 5.78. The number of nitrogens with one attached hydrogen (secondary N) is 2. The summed E-state index contributed by atoms with van der Waals surface area (Å²) in [4.78, 5) is 24.4. The van der Waals surface area contributed by atoms with Crippen LogP contribution in [0.2, 0.25) is 0 Å². The summed E-state index contributed by atoms with van der Waals surface area (Å²) in [6.45, 7) is 4.57. The molecule has 0 aliphatic carbocycles. The van der Waals surface area contributed by atoms with E-state index in [1.807, 2.05) is 13.8 Å². The summed E-state index contributed by atoms with van der Waals surface area (Å²) in [6.07, 6.45) is 4.26. The number of hydrogen-bond donors (Lipinski definition) is 3. The number of hydrogen-bond acceptors (Lipinski definition) is 6. The Bertz CT molecular complexity index is 854. The number of nitrogens with zero attached hydrogens (tertiary/aromatic N) is 3. The van der Waals surface area contributed by atoms with Crippen molar-refractivity contribution in [3.63, 3.8) is 0 Å². The molecule has 2 aromatic rings. The molecule has 0 radical (unpaired) electrons. The van der Waals surface area contributed by atoms with E-state index in [4.69, 9.17) is 5.21 Å². The molecule has 3 N–H and O–H groups in total. The van der Waals surface area contributed by atoms with Crippen LogP contribution < -0.4 is 10.8 Å². The fourth-order valence-electron chi connectivity index (χ4n) is 3.59. The van der Waals surface area contributed by atoms with E-state index in [9.17, 15) is 9.59 Å². The molecule has 2 unspecified atom stereocenters. The summed E-state index contributed by atoms with van der Waals surface area (Å²) in [6, 6.07) is 6.95. The third-order valence-corrected chi connectivity index (χ3v) is 4.85. The van der Waals surface area contributed by atoms with Crippen LogP contribution in [0.15, 0.2) is 30.3 Å². The standard InChI is InChI=1S/C19H23N5O3/c1-12-21-22-13(2)24(12)15-9-10-20-17(11-15)19(26)16-6-4-3-5-14(16)7-8-18(25)23-27/h3-8,15,17,20,27H,9-11H2,1-2H3,(H,23,25)/b8-7+. The van der Waals surface area contributed by atoms with Crippen LogP contribution >= 0.6 is 0 Å². The monoisotopic (exact) mass is 369 g/mol. The molecular weight excluding hydrogens is 346 g/mol. The van der Waals surface area contributed by atoms with Crippen LogP contribution in [-0.2, 0) is 4.79 Å². The maximum Gasteiger partial charge on any atom is 0.267 e. The molecule has 0 saturated carbocycles. The second-order valence-corrected chi connectivity index (χ2v) is 6.61. The lowest BCUT2D eigenvalue weighted by atomic mass is 9.90. The predicted molar refractivity (Wildman–Crippen MR) is 99.3 cm³/mol. The largest absolute Gasteiger partial charge is 0.312 e. The van der Waals surface area contributed by atoms with Crippen LogP contribution in [0.25, 0.3) is 6.08 Å². The number of piperidine rings is 1. The molecule has 1 aliphatic heterocycles. The smallest absolute Gasteiger partial charge is 0.267 e. The van der Waals surface area contributed by atoms with Crippen molar-refractivity contribution in [1.82, 2.24) is 25.6 Å². The highest BCUT2D eigenvalue weighted by Crippen LogP contribution is 2.26. The van der Waals surface area contributed by atoms with Crippen molar-refractivity contribution >= 4 is 17.8 Å². The molecule has 1 saturated heterocycles. The second kappa shape index (κ2) is 8.24. The summed E-state index contributed by atoms with van der Waals surface area (Å²) in [5, 5.41) is 20.2. The van der Waals surface area contributed by atoms with Crippen molar-refractivity contribution in [1.29, 1.82) is 0 Å². The van der Waals surface area contributed by atoms with Crippen LogP contribution in [0.3, 0.4) is 0 Å². The molecule has 1 aromatic heterocycles. The Morgan fingerprint density at radius 2 is 1.96 bits per heavy atom. The Morgan fingerprint density at radius 3 is 2.67 bits per heavy atom. The van der Waals surface area contributed by atoms with Gasteiger partial charge in [-0.1, -0.05) is 24.3 Å². The van der Waals surface area contributed by atoms with Gasteiger partial charge in [-0.25, -0.2) is 5.48 Å². The van der Waals surface area contributed by atoms with Gasteiger partial charge < -0.3 is 9.88 Å². The van der Waals surface area contributed by atoms with Gasteiger partial charge in [-0.2, -0.15) is 0 Å². The first-order valence-corrected chi connectivity index (χ1v) is 8.88. The summed E-state index contributed by atoms with van der Waals surface area (Å²) in [5.41, 5.74) is 2.71. The fraction of sp³-hybridized carbons (Fsp3) is 0.368. The number of aromatic nitrogens is 3. The molecule has 142 valence electrons. The van der Waals surface area contributed by atoms with E-state index >= 15 is 0 Å². The molecule has 27 heavy (non-hydrogen) atoms. The highest BCUT2D eigenvalue weighted by molar-refractivity contribution is 6.04. The Morgan fingerprint density at radius 1 is 1.26 bits per heavy atom. The molecule has 0 spiro atoms. The Labute approximate surface area is 157 Å². The van der Waals surface area contributed by atoms with E-state index in [1.54, 1.807) is 29.7 Å². The van der Waals surface area contributed by atoms with Gasteiger partial charge in [0.15, 0.2) is 5.78 Å². The van der Waals surface area contributed by atoms with Crippen molar-refractivity contribution in [2.45, 2.75) is 38.8 Å². The van der Waals surface area contributed by atoms with Crippen molar-refractivity contribution in [3.8, 4) is 0 Å². The van der Waals surface area contributed by atoms with Gasteiger partial charge in [0, 0.05) is 17.7 Å². The van der Waals surface area contributed by atoms with Gasteiger partial charge in [-0.05, 0) is 44.9 Å². The van der Waals surface area contributed by atoms with Gasteiger partial charge in [0.2, 0.25) is 0 Å². The number of ketones is 1. The van der Waals surface area contributed by atoms with Crippen molar-refractivity contribution in [3.05, 3.63) is 53.1 Å². The number of Topliss-reactive ketones (excluding diaryl/α,β-unsaturated/α-hetero) is 1. The van der Waals surface area contributed by atoms with E-state index < -0.39 is 5.91 Å². The van der Waals surface area contributed by atoms with Crippen LogP contribution in [0.5, 0.6) is 0 Å². The van der Waals surface area contributed by atoms with Gasteiger partial charge in [0.05, 0.1) is 6.04 Å². The maximum atomic E-state index is 13.1. The fourth-order valence-corrected chi connectivity index (χ4v) is 3.59. The summed E-state index contributed by atoms with van der Waals surface area (Å²) in [5.74, 6) is 1.03. The highest BCUT2D eigenvalue weighted by Gasteiger charge is 2.30. The van der Waals surface area contributed by atoms with Crippen LogP contribution in [0.4, 0.5) is 0 Å². The number of rotatable bonds is 5. The van der Waals surface area contributed by atoms with Crippen LogP contribution in [0.1, 0.15) is 46.5 Å². The first-order valence-electron chi connectivity index (χ1n) is 8.88. The number of aryl methyl sites for hydroxylation is 2. The molecule has 0 bridgehead atoms. The lowest BCUT2D eigenvalue weighted by molar-refractivity contribution is -0.124. The van der Waals surface area contributed by atoms with Crippen molar-refractivity contribution in [2.24, 2.45) is 0 Å². The van der Waals surface area contributed by atoms with E-state index in [0.29, 0.717) is 17.5 Å². The normalized spacial score (nSPS) is 20.0. The molecule has 2 heterocycles. The number of benzene rings is 1. The lowest BCUT2D eigenvalue weighted by Gasteiger charge is -2.31. The molecule has 1 amide bonds. The third kappa shape index (κ3) is 4.12. The highest BCUT2D eigenvalue weighted by atomic mass is 16.5. The molecule has 1 fully saturated rings. The zero-order chi connectivity index (χ0) is 19.4. The second-order valence-electron chi connectivity index (χ2n) is 6.61. The first-order chi connectivity index (χ1) is 13.0. The number of carbonyl (C=O) groups is 2. The number of carbonyl (C=O) groups excluding carboxylic acids is 2. The Hall–Kier alpha value is -2.84. The average molecular weight is 369 g/mol. The van der Waals surface area contributed by atoms with Crippen molar-refractivity contribution in [2.75, 3.05) is 6.54 Å². The topological polar surface area (TPSA) is 109 Å². The minimum atomic E-state index is -0.647. The molecule has 1 aromatic carbocycles. The average Bonchev–Trinajstić information content (AvgIpc) is 3.04. The molecule has 3 rings (SSSR count). The first kappa shape index (κ1) is 18.9. The Balaban J connectivity index is 1.82. The summed E-state index contributed by atoms with van der Waals surface area (Å²) < 4.78 is 2.10. The number of amides is 1. The van der Waals surface area contributed by atoms with Crippen LogP contribution in [0, 0.1) is 13.8 Å². The zero-order valence-electron chi connectivity index (χ0n) is 15.3. The van der Waals surface area contributed by atoms with Gasteiger partial charge in [0.25, 0.3) is 5.91 Å². The SMILES string of the molecule is Cc1nnc(C)n1C1CCNC(C(=O)c2ccccc2/C=C/C(=O)NO)C1. The molecule has 8 heteroatoms. The van der Waals surface area contributed by atoms with Gasteiger partial charge >= 0.3 is 0 Å². The van der Waals surface area contributed by atoms with Crippen LogP contribution in [-0.4, -0.2) is 44.2 Å². The summed E-state index contributed by atoms with van der Waals surface area (Å²) >= 11 is 0. The van der Waals surface area contributed by atoms with Gasteiger partial charge in [0.1, 0.15) is 11.6 Å². The lowest BCUT2D eigenvalue weighted by Crippen LogP contribution is -2.44. The van der Waals surface area contributed by atoms with E-state index in [-0.39, 0.29) is 17.9 Å². The quantitative estimate of drug-likeness (QED) is 0.320. The number of hydroxylamine groups is 1. The van der Waals surface area contributed by atoms with Gasteiger partial charge in [-0.15, -0.1) is 10.2 Å². The predicted octanol–water partition coefficient (Wildman–Crippen LogP) is 1.59. The third-order valence-electron chi connectivity index (χ3n) is 4.85. The van der Waals surface area contributed by atoms with E-state index in [0.717, 1.165) is 24.6 Å². The molecular formula is C19H23N5O3. The molecule has 1 aliphatic rings. The van der Waals surface area contributed by atoms with Gasteiger partial charge in [-0.3, -0.25) is 14.8 Å². The summed E-state index contributed by atoms with van der Waals surface area (Å²) in [7, 11) is 0. The molecule has 8 nitrogen and oxygen atoms in total. The van der Waals surface area contributed by atoms with Crippen molar-refractivity contribution < 1.29 is 14.8 Å². The van der Waals surface area contributed by atoms with E-state index in [1.165, 1.54) is 12.2 Å².